The molecule has 1 fully saturated rings. The van der Waals surface area contributed by atoms with Gasteiger partial charge in [0.05, 0.1) is 12.1 Å². The largest absolute Gasteiger partial charge is 0.441 e. The van der Waals surface area contributed by atoms with Gasteiger partial charge in [-0.25, -0.2) is 4.98 Å². The van der Waals surface area contributed by atoms with E-state index in [1.807, 2.05) is 38.1 Å². The van der Waals surface area contributed by atoms with Crippen LogP contribution in [-0.4, -0.2) is 41.0 Å². The summed E-state index contributed by atoms with van der Waals surface area (Å²) in [5.41, 5.74) is 2.78. The second kappa shape index (κ2) is 7.62. The molecule has 1 aliphatic rings. The number of aromatic nitrogens is 1. The van der Waals surface area contributed by atoms with Gasteiger partial charge in [0, 0.05) is 17.6 Å². The molecule has 0 atom stereocenters. The lowest BCUT2D eigenvalue weighted by molar-refractivity contribution is -0.121. The third kappa shape index (κ3) is 4.33. The molecule has 1 amide bonds. The monoisotopic (exact) mass is 355 g/mol. The molecule has 0 aliphatic carbocycles. The number of likely N-dealkylation sites (tertiary alicyclic amines) is 1. The summed E-state index contributed by atoms with van der Waals surface area (Å²) < 4.78 is 5.78. The third-order valence-corrected chi connectivity index (χ3v) is 5.17. The highest BCUT2D eigenvalue weighted by atomic mass is 16.4. The van der Waals surface area contributed by atoms with Crippen LogP contribution in [0.25, 0.3) is 11.5 Å². The first-order chi connectivity index (χ1) is 12.3. The Morgan fingerprint density at radius 1 is 1.27 bits per heavy atom. The molecule has 0 unspecified atom stereocenters. The molecular formula is C21H29N3O2. The summed E-state index contributed by atoms with van der Waals surface area (Å²) in [6.45, 7) is 11.2. The fraction of sp³-hybridized carbons (Fsp3) is 0.524. The zero-order chi connectivity index (χ0) is 18.7. The molecule has 3 rings (SSSR count). The molecule has 26 heavy (non-hydrogen) atoms. The average molecular weight is 355 g/mol. The lowest BCUT2D eigenvalue weighted by atomic mass is 10.0. The van der Waals surface area contributed by atoms with Crippen LogP contribution in [-0.2, 0) is 11.2 Å². The van der Waals surface area contributed by atoms with E-state index in [0.29, 0.717) is 23.9 Å². The molecular weight excluding hydrogens is 326 g/mol. The van der Waals surface area contributed by atoms with E-state index >= 15 is 0 Å². The van der Waals surface area contributed by atoms with Crippen LogP contribution in [0.2, 0.25) is 0 Å². The van der Waals surface area contributed by atoms with Gasteiger partial charge in [0.25, 0.3) is 0 Å². The summed E-state index contributed by atoms with van der Waals surface area (Å²) >= 11 is 0. The lowest BCUT2D eigenvalue weighted by Crippen LogP contribution is -2.50. The number of oxazole rings is 1. The normalized spacial score (nSPS) is 15.4. The smallest absolute Gasteiger partial charge is 0.226 e. The van der Waals surface area contributed by atoms with Crippen molar-refractivity contribution in [1.82, 2.24) is 15.2 Å². The summed E-state index contributed by atoms with van der Waals surface area (Å²) in [7, 11) is 0. The maximum atomic E-state index is 12.4. The van der Waals surface area contributed by atoms with Crippen LogP contribution in [0.15, 0.2) is 28.7 Å². The van der Waals surface area contributed by atoms with Crippen molar-refractivity contribution in [3.05, 3.63) is 41.3 Å². The predicted molar refractivity (Wildman–Crippen MR) is 103 cm³/mol. The van der Waals surface area contributed by atoms with Crippen LogP contribution in [0.4, 0.5) is 0 Å². The van der Waals surface area contributed by atoms with Gasteiger partial charge in [0.15, 0.2) is 0 Å². The van der Waals surface area contributed by atoms with Crippen molar-refractivity contribution >= 4 is 5.91 Å². The van der Waals surface area contributed by atoms with Crippen molar-refractivity contribution in [1.29, 1.82) is 0 Å². The molecule has 2 heterocycles. The Hall–Kier alpha value is -2.14. The van der Waals surface area contributed by atoms with Gasteiger partial charge in [0.2, 0.25) is 11.8 Å². The molecule has 1 aromatic carbocycles. The van der Waals surface area contributed by atoms with Gasteiger partial charge in [-0.05, 0) is 65.8 Å². The van der Waals surface area contributed by atoms with Crippen LogP contribution < -0.4 is 5.32 Å². The summed E-state index contributed by atoms with van der Waals surface area (Å²) in [4.78, 5) is 19.4. The molecule has 1 aromatic heterocycles. The summed E-state index contributed by atoms with van der Waals surface area (Å²) in [5, 5.41) is 3.07. The van der Waals surface area contributed by atoms with Crippen molar-refractivity contribution in [3.63, 3.8) is 0 Å². The Kier molecular flexibility index (Phi) is 5.47. The lowest BCUT2D eigenvalue weighted by Gasteiger charge is -2.35. The third-order valence-electron chi connectivity index (χ3n) is 5.17. The SMILES string of the molecule is Cc1cccc(-c2nc(CC(=O)NCC(C)(C)N3CCCC3)c(C)o2)c1. The van der Waals surface area contributed by atoms with Gasteiger partial charge in [0.1, 0.15) is 5.76 Å². The van der Waals surface area contributed by atoms with Crippen LogP contribution in [0.1, 0.15) is 43.7 Å². The molecule has 0 bridgehead atoms. The van der Waals surface area contributed by atoms with Crippen LogP contribution >= 0.6 is 0 Å². The molecule has 0 spiro atoms. The minimum absolute atomic E-state index is 0.00976. The summed E-state index contributed by atoms with van der Waals surface area (Å²) in [6, 6.07) is 8.03. The second-order valence-corrected chi connectivity index (χ2v) is 7.85. The number of hydrogen-bond acceptors (Lipinski definition) is 4. The van der Waals surface area contributed by atoms with Crippen molar-refractivity contribution in [3.8, 4) is 11.5 Å². The Morgan fingerprint density at radius 3 is 2.69 bits per heavy atom. The first-order valence-electron chi connectivity index (χ1n) is 9.40. The number of nitrogens with zero attached hydrogens (tertiary/aromatic N) is 2. The van der Waals surface area contributed by atoms with Gasteiger partial charge in [-0.15, -0.1) is 0 Å². The molecule has 2 aromatic rings. The summed E-state index contributed by atoms with van der Waals surface area (Å²) in [6.07, 6.45) is 2.74. The van der Waals surface area contributed by atoms with Crippen molar-refractivity contribution in [2.75, 3.05) is 19.6 Å². The maximum Gasteiger partial charge on any atom is 0.226 e. The molecule has 0 saturated carbocycles. The second-order valence-electron chi connectivity index (χ2n) is 7.85. The van der Waals surface area contributed by atoms with Gasteiger partial charge in [-0.3, -0.25) is 9.69 Å². The molecule has 5 nitrogen and oxygen atoms in total. The number of nitrogens with one attached hydrogen (secondary N) is 1. The molecule has 0 radical (unpaired) electrons. The quantitative estimate of drug-likeness (QED) is 0.862. The van der Waals surface area contributed by atoms with Crippen LogP contribution in [0.3, 0.4) is 0 Å². The fourth-order valence-corrected chi connectivity index (χ4v) is 3.46. The Morgan fingerprint density at radius 2 is 2.00 bits per heavy atom. The molecule has 1 N–H and O–H groups in total. The van der Waals surface area contributed by atoms with Crippen molar-refractivity contribution in [2.45, 2.75) is 52.5 Å². The van der Waals surface area contributed by atoms with E-state index in [1.165, 1.54) is 12.8 Å². The van der Waals surface area contributed by atoms with E-state index in [0.717, 1.165) is 24.2 Å². The number of amides is 1. The maximum absolute atomic E-state index is 12.4. The minimum Gasteiger partial charge on any atom is -0.441 e. The molecule has 1 aliphatic heterocycles. The highest BCUT2D eigenvalue weighted by Crippen LogP contribution is 2.23. The minimum atomic E-state index is -0.0161. The first kappa shape index (κ1) is 18.6. The van der Waals surface area contributed by atoms with Crippen molar-refractivity contribution in [2.24, 2.45) is 0 Å². The number of benzene rings is 1. The van der Waals surface area contributed by atoms with Crippen LogP contribution in [0, 0.1) is 13.8 Å². The topological polar surface area (TPSA) is 58.4 Å². The molecule has 1 saturated heterocycles. The highest BCUT2D eigenvalue weighted by molar-refractivity contribution is 5.78. The average Bonchev–Trinajstić information content (AvgIpc) is 3.24. The van der Waals surface area contributed by atoms with Gasteiger partial charge < -0.3 is 9.73 Å². The predicted octanol–water partition coefficient (Wildman–Crippen LogP) is 3.49. The number of rotatable bonds is 6. The summed E-state index contributed by atoms with van der Waals surface area (Å²) in [5.74, 6) is 1.27. The van der Waals surface area contributed by atoms with Crippen LogP contribution in [0.5, 0.6) is 0 Å². The van der Waals surface area contributed by atoms with E-state index in [1.54, 1.807) is 0 Å². The van der Waals surface area contributed by atoms with E-state index in [-0.39, 0.29) is 17.9 Å². The first-order valence-corrected chi connectivity index (χ1v) is 9.40. The highest BCUT2D eigenvalue weighted by Gasteiger charge is 2.29. The Labute approximate surface area is 155 Å². The van der Waals surface area contributed by atoms with Gasteiger partial charge in [-0.1, -0.05) is 17.7 Å². The van der Waals surface area contributed by atoms with E-state index in [4.69, 9.17) is 4.42 Å². The Bertz CT molecular complexity index is 773. The molecule has 5 heteroatoms. The Balaban J connectivity index is 1.61. The van der Waals surface area contributed by atoms with E-state index < -0.39 is 0 Å². The zero-order valence-electron chi connectivity index (χ0n) is 16.3. The standard InChI is InChI=1S/C21H29N3O2/c1-15-8-7-9-17(12-15)20-23-18(16(2)26-20)13-19(25)22-14-21(3,4)24-10-5-6-11-24/h7-9,12H,5-6,10-11,13-14H2,1-4H3,(H,22,25). The molecule has 140 valence electrons. The zero-order valence-corrected chi connectivity index (χ0v) is 16.3. The van der Waals surface area contributed by atoms with Gasteiger partial charge in [-0.2, -0.15) is 0 Å². The number of hydrogen-bond donors (Lipinski definition) is 1. The van der Waals surface area contributed by atoms with Gasteiger partial charge >= 0.3 is 0 Å². The number of aryl methyl sites for hydroxylation is 2. The number of carbonyl (C=O) groups is 1. The fourth-order valence-electron chi connectivity index (χ4n) is 3.46. The van der Waals surface area contributed by atoms with E-state index in [2.05, 4.69) is 29.0 Å². The van der Waals surface area contributed by atoms with Crippen molar-refractivity contribution < 1.29 is 9.21 Å². The number of carbonyl (C=O) groups excluding carboxylic acids is 1. The van der Waals surface area contributed by atoms with E-state index in [9.17, 15) is 4.79 Å².